The van der Waals surface area contributed by atoms with Crippen LogP contribution in [-0.2, 0) is 19.6 Å². The molecule has 1 fully saturated rings. The molecule has 0 spiro atoms. The number of pyridine rings is 1. The third-order valence-electron chi connectivity index (χ3n) is 4.79. The van der Waals surface area contributed by atoms with Gasteiger partial charge in [-0.1, -0.05) is 6.07 Å². The van der Waals surface area contributed by atoms with Crippen molar-refractivity contribution in [3.8, 4) is 11.5 Å². The maximum absolute atomic E-state index is 13.4. The quantitative estimate of drug-likeness (QED) is 0.686. The molecule has 6 nitrogen and oxygen atoms in total. The molecule has 28 heavy (non-hydrogen) atoms. The molecule has 1 aliphatic heterocycles. The van der Waals surface area contributed by atoms with Gasteiger partial charge in [0.15, 0.2) is 11.5 Å². The van der Waals surface area contributed by atoms with E-state index in [9.17, 15) is 13.2 Å². The van der Waals surface area contributed by atoms with Gasteiger partial charge < -0.3 is 4.90 Å². The van der Waals surface area contributed by atoms with Gasteiger partial charge in [0.1, 0.15) is 11.5 Å². The lowest BCUT2D eigenvalue weighted by atomic mass is 10.0. The summed E-state index contributed by atoms with van der Waals surface area (Å²) in [4.78, 5) is 14.1. The first-order valence-corrected chi connectivity index (χ1v) is 8.98. The number of hydrogen-bond donors (Lipinski definition) is 0. The molecule has 3 aromatic heterocycles. The van der Waals surface area contributed by atoms with Crippen LogP contribution in [0.25, 0.3) is 11.5 Å². The van der Waals surface area contributed by atoms with E-state index in [1.54, 1.807) is 22.9 Å². The fourth-order valence-electron chi connectivity index (χ4n) is 3.47. The van der Waals surface area contributed by atoms with Crippen molar-refractivity contribution in [2.24, 2.45) is 13.0 Å². The average molecular weight is 388 g/mol. The van der Waals surface area contributed by atoms with Gasteiger partial charge in [0.2, 0.25) is 0 Å². The number of halogens is 3. The molecule has 4 rings (SSSR count). The highest BCUT2D eigenvalue weighted by molar-refractivity contribution is 5.54. The third kappa shape index (κ3) is 3.97. The summed E-state index contributed by atoms with van der Waals surface area (Å²) in [7, 11) is 1.86. The predicted octanol–water partition coefficient (Wildman–Crippen LogP) is 3.36. The van der Waals surface area contributed by atoms with E-state index in [2.05, 4.69) is 20.1 Å². The Morgan fingerprint density at radius 2 is 2.07 bits per heavy atom. The molecule has 9 heteroatoms. The lowest BCUT2D eigenvalue weighted by Crippen LogP contribution is -2.23. The second-order valence-electron chi connectivity index (χ2n) is 6.97. The van der Waals surface area contributed by atoms with Crippen LogP contribution in [0.1, 0.15) is 17.7 Å². The first-order chi connectivity index (χ1) is 13.4. The zero-order valence-corrected chi connectivity index (χ0v) is 15.3. The van der Waals surface area contributed by atoms with Crippen molar-refractivity contribution in [3.63, 3.8) is 0 Å². The highest BCUT2D eigenvalue weighted by Crippen LogP contribution is 2.33. The van der Waals surface area contributed by atoms with E-state index in [1.807, 2.05) is 24.3 Å². The van der Waals surface area contributed by atoms with Gasteiger partial charge >= 0.3 is 6.18 Å². The summed E-state index contributed by atoms with van der Waals surface area (Å²) < 4.78 is 41.9. The van der Waals surface area contributed by atoms with Crippen LogP contribution in [0.4, 0.5) is 19.0 Å². The number of aromatic nitrogens is 5. The molecule has 0 bridgehead atoms. The Balaban J connectivity index is 1.60. The number of rotatable bonds is 4. The Labute approximate surface area is 160 Å². The summed E-state index contributed by atoms with van der Waals surface area (Å²) in [5.41, 5.74) is 0.497. The third-order valence-corrected chi connectivity index (χ3v) is 4.79. The average Bonchev–Trinajstić information content (AvgIpc) is 3.31. The monoisotopic (exact) mass is 388 g/mol. The summed E-state index contributed by atoms with van der Waals surface area (Å²) in [5, 5.41) is 4.17. The summed E-state index contributed by atoms with van der Waals surface area (Å²) in [6.45, 7) is 1.30. The van der Waals surface area contributed by atoms with Crippen molar-refractivity contribution < 1.29 is 13.2 Å². The van der Waals surface area contributed by atoms with Crippen LogP contribution in [0, 0.1) is 5.92 Å². The van der Waals surface area contributed by atoms with E-state index in [0.717, 1.165) is 24.5 Å². The highest BCUT2D eigenvalue weighted by Gasteiger charge is 2.35. The van der Waals surface area contributed by atoms with Crippen molar-refractivity contribution in [2.45, 2.75) is 19.0 Å². The van der Waals surface area contributed by atoms with E-state index in [-0.39, 0.29) is 11.6 Å². The van der Waals surface area contributed by atoms with E-state index in [0.29, 0.717) is 24.7 Å². The first kappa shape index (κ1) is 18.4. The molecule has 0 radical (unpaired) electrons. The van der Waals surface area contributed by atoms with E-state index in [4.69, 9.17) is 0 Å². The standard InChI is InChI=1S/C19H19F3N6/c1-27-11-14(10-24-27)8-13-5-7-28(12-13)17-9-16(19(20,21)22)25-18(26-17)15-4-2-3-6-23-15/h2-4,6,9-11,13H,5,7-8,12H2,1H3. The minimum absolute atomic E-state index is 0.0128. The van der Waals surface area contributed by atoms with Crippen molar-refractivity contribution in [3.05, 3.63) is 54.1 Å². The Hall–Kier alpha value is -2.97. The van der Waals surface area contributed by atoms with Crippen LogP contribution in [0.3, 0.4) is 0 Å². The van der Waals surface area contributed by atoms with Gasteiger partial charge in [0.25, 0.3) is 0 Å². The Bertz CT molecular complexity index is 954. The molecule has 146 valence electrons. The van der Waals surface area contributed by atoms with E-state index in [1.165, 1.54) is 6.20 Å². The van der Waals surface area contributed by atoms with Crippen LogP contribution in [0.5, 0.6) is 0 Å². The van der Waals surface area contributed by atoms with Gasteiger partial charge in [0.05, 0.1) is 6.20 Å². The topological polar surface area (TPSA) is 59.7 Å². The highest BCUT2D eigenvalue weighted by atomic mass is 19.4. The van der Waals surface area contributed by atoms with Crippen molar-refractivity contribution in [1.82, 2.24) is 24.7 Å². The van der Waals surface area contributed by atoms with Gasteiger partial charge in [-0.15, -0.1) is 0 Å². The molecule has 1 saturated heterocycles. The second kappa shape index (κ2) is 7.21. The van der Waals surface area contributed by atoms with Gasteiger partial charge in [-0.3, -0.25) is 9.67 Å². The maximum Gasteiger partial charge on any atom is 0.433 e. The number of anilines is 1. The minimum Gasteiger partial charge on any atom is -0.356 e. The fraction of sp³-hybridized carbons (Fsp3) is 0.368. The molecular weight excluding hydrogens is 369 g/mol. The summed E-state index contributed by atoms with van der Waals surface area (Å²) in [6.07, 6.45) is 2.49. The number of alkyl halides is 3. The van der Waals surface area contributed by atoms with Crippen LogP contribution in [-0.4, -0.2) is 37.8 Å². The van der Waals surface area contributed by atoms with Gasteiger partial charge in [-0.25, -0.2) is 9.97 Å². The Morgan fingerprint density at radius 3 is 2.75 bits per heavy atom. The van der Waals surface area contributed by atoms with E-state index >= 15 is 0 Å². The molecule has 1 atom stereocenters. The minimum atomic E-state index is -4.55. The van der Waals surface area contributed by atoms with Crippen molar-refractivity contribution >= 4 is 5.82 Å². The molecule has 0 aromatic carbocycles. The molecule has 0 amide bonds. The first-order valence-electron chi connectivity index (χ1n) is 8.98. The summed E-state index contributed by atoms with van der Waals surface area (Å²) in [6, 6.07) is 6.03. The normalized spacial score (nSPS) is 17.3. The van der Waals surface area contributed by atoms with Crippen molar-refractivity contribution in [2.75, 3.05) is 18.0 Å². The van der Waals surface area contributed by atoms with Crippen molar-refractivity contribution in [1.29, 1.82) is 0 Å². The van der Waals surface area contributed by atoms with Gasteiger partial charge in [0, 0.05) is 38.6 Å². The molecule has 1 unspecified atom stereocenters. The Kier molecular flexibility index (Phi) is 4.74. The fourth-order valence-corrected chi connectivity index (χ4v) is 3.47. The second-order valence-corrected chi connectivity index (χ2v) is 6.97. The maximum atomic E-state index is 13.4. The predicted molar refractivity (Wildman–Crippen MR) is 97.5 cm³/mol. The molecule has 0 N–H and O–H groups in total. The number of aryl methyl sites for hydroxylation is 1. The van der Waals surface area contributed by atoms with Crippen LogP contribution < -0.4 is 4.90 Å². The van der Waals surface area contributed by atoms with Crippen LogP contribution in [0.15, 0.2) is 42.9 Å². The number of nitrogens with zero attached hydrogens (tertiary/aromatic N) is 6. The molecular formula is C19H19F3N6. The van der Waals surface area contributed by atoms with Gasteiger partial charge in [-0.05, 0) is 36.5 Å². The van der Waals surface area contributed by atoms with Crippen LogP contribution >= 0.6 is 0 Å². The molecule has 0 aliphatic carbocycles. The molecule has 3 aromatic rings. The zero-order chi connectivity index (χ0) is 19.7. The summed E-state index contributed by atoms with van der Waals surface area (Å²) in [5.74, 6) is 0.615. The lowest BCUT2D eigenvalue weighted by Gasteiger charge is -2.19. The largest absolute Gasteiger partial charge is 0.433 e. The number of hydrogen-bond acceptors (Lipinski definition) is 5. The molecule has 1 aliphatic rings. The molecule has 4 heterocycles. The van der Waals surface area contributed by atoms with Gasteiger partial charge in [-0.2, -0.15) is 18.3 Å². The lowest BCUT2D eigenvalue weighted by molar-refractivity contribution is -0.141. The SMILES string of the molecule is Cn1cc(CC2CCN(c3cc(C(F)(F)F)nc(-c4ccccn4)n3)C2)cn1. The molecule has 0 saturated carbocycles. The Morgan fingerprint density at radius 1 is 1.21 bits per heavy atom. The van der Waals surface area contributed by atoms with E-state index < -0.39 is 11.9 Å². The zero-order valence-electron chi connectivity index (χ0n) is 15.3. The smallest absolute Gasteiger partial charge is 0.356 e. The summed E-state index contributed by atoms with van der Waals surface area (Å²) >= 11 is 0. The van der Waals surface area contributed by atoms with Crippen LogP contribution in [0.2, 0.25) is 0 Å².